The predicted octanol–water partition coefficient (Wildman–Crippen LogP) is 0.108. The van der Waals surface area contributed by atoms with E-state index in [2.05, 4.69) is 22.0 Å². The Morgan fingerprint density at radius 2 is 2.60 bits per heavy atom. The van der Waals surface area contributed by atoms with Crippen molar-refractivity contribution in [1.29, 1.82) is 0 Å². The zero-order valence-corrected chi connectivity index (χ0v) is 5.76. The summed E-state index contributed by atoms with van der Waals surface area (Å²) in [6.45, 7) is 1.84. The van der Waals surface area contributed by atoms with E-state index in [1.807, 2.05) is 6.92 Å². The molecule has 0 aliphatic heterocycles. The number of H-pyrrole nitrogens is 1. The van der Waals surface area contributed by atoms with Gasteiger partial charge in [0, 0.05) is 6.20 Å². The lowest BCUT2D eigenvalue weighted by Crippen LogP contribution is -2.10. The third-order valence-electron chi connectivity index (χ3n) is 0.942. The van der Waals surface area contributed by atoms with Crippen LogP contribution >= 0.6 is 0 Å². The molecule has 0 saturated heterocycles. The first-order valence-electron chi connectivity index (χ1n) is 3.05. The molecule has 1 aromatic rings. The first kappa shape index (κ1) is 6.84. The third kappa shape index (κ3) is 1.92. The average Bonchev–Trinajstić information content (AvgIpc) is 2.34. The highest BCUT2D eigenvalue weighted by Crippen LogP contribution is 1.88. The number of aromatic nitrogens is 2. The van der Waals surface area contributed by atoms with Crippen LogP contribution in [0.3, 0.4) is 0 Å². The molecule has 3 nitrogen and oxygen atoms in total. The molecule has 0 aliphatic rings. The molecule has 10 heavy (non-hydrogen) atoms. The van der Waals surface area contributed by atoms with Gasteiger partial charge in [-0.15, -0.1) is 0 Å². The van der Waals surface area contributed by atoms with Gasteiger partial charge >= 0.3 is 0 Å². The summed E-state index contributed by atoms with van der Waals surface area (Å²) >= 11 is 0. The van der Waals surface area contributed by atoms with Crippen LogP contribution in [0, 0.1) is 11.8 Å². The number of hydrogen-bond acceptors (Lipinski definition) is 2. The maximum atomic E-state index is 5.40. The molecule has 0 bridgehead atoms. The number of nitrogens with zero attached hydrogens (tertiary/aromatic N) is 1. The highest BCUT2D eigenvalue weighted by molar-refractivity contribution is 5.30. The maximum Gasteiger partial charge on any atom is 0.0644 e. The summed E-state index contributed by atoms with van der Waals surface area (Å²) in [4.78, 5) is 0. The Labute approximate surface area is 59.6 Å². The first-order chi connectivity index (χ1) is 4.79. The number of rotatable bonds is 0. The van der Waals surface area contributed by atoms with E-state index in [0.717, 1.165) is 5.56 Å². The molecular weight excluding hydrogens is 126 g/mol. The van der Waals surface area contributed by atoms with Gasteiger partial charge in [0.2, 0.25) is 0 Å². The van der Waals surface area contributed by atoms with Gasteiger partial charge in [0.25, 0.3) is 0 Å². The van der Waals surface area contributed by atoms with Crippen molar-refractivity contribution >= 4 is 0 Å². The van der Waals surface area contributed by atoms with Gasteiger partial charge in [0.15, 0.2) is 0 Å². The van der Waals surface area contributed by atoms with Crippen LogP contribution < -0.4 is 5.73 Å². The molecule has 1 unspecified atom stereocenters. The molecule has 1 heterocycles. The molecule has 0 radical (unpaired) electrons. The number of aromatic amines is 1. The van der Waals surface area contributed by atoms with E-state index in [4.69, 9.17) is 5.73 Å². The predicted molar refractivity (Wildman–Crippen MR) is 39.1 cm³/mol. The van der Waals surface area contributed by atoms with E-state index in [1.54, 1.807) is 12.4 Å². The quantitative estimate of drug-likeness (QED) is 0.496. The van der Waals surface area contributed by atoms with Crippen LogP contribution in [-0.2, 0) is 0 Å². The van der Waals surface area contributed by atoms with E-state index in [0.29, 0.717) is 0 Å². The molecule has 0 saturated carbocycles. The van der Waals surface area contributed by atoms with Gasteiger partial charge < -0.3 is 5.73 Å². The second-order valence-electron chi connectivity index (χ2n) is 2.04. The smallest absolute Gasteiger partial charge is 0.0644 e. The van der Waals surface area contributed by atoms with Crippen molar-refractivity contribution in [3.63, 3.8) is 0 Å². The van der Waals surface area contributed by atoms with E-state index in [1.165, 1.54) is 0 Å². The fourth-order valence-corrected chi connectivity index (χ4v) is 0.516. The molecule has 0 amide bonds. The summed E-state index contributed by atoms with van der Waals surface area (Å²) in [5, 5.41) is 6.39. The minimum atomic E-state index is -0.0742. The molecule has 0 aromatic carbocycles. The van der Waals surface area contributed by atoms with Gasteiger partial charge in [-0.3, -0.25) is 5.10 Å². The normalized spacial score (nSPS) is 11.8. The molecule has 0 spiro atoms. The van der Waals surface area contributed by atoms with Crippen molar-refractivity contribution in [2.75, 3.05) is 0 Å². The monoisotopic (exact) mass is 135 g/mol. The fraction of sp³-hybridized carbons (Fsp3) is 0.286. The summed E-state index contributed by atoms with van der Waals surface area (Å²) < 4.78 is 0. The Bertz CT molecular complexity index is 238. The molecule has 0 aliphatic carbocycles. The van der Waals surface area contributed by atoms with E-state index >= 15 is 0 Å². The van der Waals surface area contributed by atoms with Crippen molar-refractivity contribution in [2.45, 2.75) is 13.0 Å². The maximum absolute atomic E-state index is 5.40. The van der Waals surface area contributed by atoms with Crippen LogP contribution in [0.4, 0.5) is 0 Å². The number of nitrogens with one attached hydrogen (secondary N) is 1. The van der Waals surface area contributed by atoms with Crippen LogP contribution in [0.5, 0.6) is 0 Å². The van der Waals surface area contributed by atoms with Crippen molar-refractivity contribution in [3.8, 4) is 11.8 Å². The van der Waals surface area contributed by atoms with Crippen LogP contribution in [0.25, 0.3) is 0 Å². The summed E-state index contributed by atoms with van der Waals surface area (Å²) in [6, 6.07) is -0.0742. The van der Waals surface area contributed by atoms with Crippen molar-refractivity contribution < 1.29 is 0 Å². The van der Waals surface area contributed by atoms with E-state index in [9.17, 15) is 0 Å². The Hall–Kier alpha value is -1.27. The van der Waals surface area contributed by atoms with Gasteiger partial charge in [-0.1, -0.05) is 11.8 Å². The van der Waals surface area contributed by atoms with Gasteiger partial charge in [-0.2, -0.15) is 5.10 Å². The highest BCUT2D eigenvalue weighted by Gasteiger charge is 1.85. The second-order valence-corrected chi connectivity index (χ2v) is 2.04. The lowest BCUT2D eigenvalue weighted by Gasteiger charge is -1.85. The van der Waals surface area contributed by atoms with Gasteiger partial charge in [-0.05, 0) is 6.92 Å². The summed E-state index contributed by atoms with van der Waals surface area (Å²) in [5.74, 6) is 5.67. The second kappa shape index (κ2) is 3.04. The minimum Gasteiger partial charge on any atom is -0.318 e. The number of hydrogen-bond donors (Lipinski definition) is 2. The summed E-state index contributed by atoms with van der Waals surface area (Å²) in [5.41, 5.74) is 6.28. The lowest BCUT2D eigenvalue weighted by molar-refractivity contribution is 0.959. The minimum absolute atomic E-state index is 0.0742. The lowest BCUT2D eigenvalue weighted by atomic mass is 10.3. The molecule has 0 fully saturated rings. The van der Waals surface area contributed by atoms with Crippen LogP contribution in [-0.4, -0.2) is 16.2 Å². The molecule has 3 heteroatoms. The molecular formula is C7H9N3. The Kier molecular flexibility index (Phi) is 2.08. The first-order valence-corrected chi connectivity index (χ1v) is 3.05. The average molecular weight is 135 g/mol. The van der Waals surface area contributed by atoms with Crippen molar-refractivity contribution in [2.24, 2.45) is 5.73 Å². The Morgan fingerprint density at radius 1 is 1.80 bits per heavy atom. The topological polar surface area (TPSA) is 54.7 Å². The van der Waals surface area contributed by atoms with Crippen molar-refractivity contribution in [3.05, 3.63) is 18.0 Å². The standard InChI is InChI=1S/C7H9N3/c1-6(8)2-3-7-4-9-10-5-7/h4-6H,8H2,1H3,(H,9,10). The fourth-order valence-electron chi connectivity index (χ4n) is 0.516. The Morgan fingerprint density at radius 3 is 3.10 bits per heavy atom. The van der Waals surface area contributed by atoms with Gasteiger partial charge in [-0.25, -0.2) is 0 Å². The van der Waals surface area contributed by atoms with E-state index in [-0.39, 0.29) is 6.04 Å². The number of nitrogens with two attached hydrogens (primary N) is 1. The zero-order valence-electron chi connectivity index (χ0n) is 5.76. The Balaban J connectivity index is 2.66. The third-order valence-corrected chi connectivity index (χ3v) is 0.942. The molecule has 1 rings (SSSR count). The van der Waals surface area contributed by atoms with E-state index < -0.39 is 0 Å². The van der Waals surface area contributed by atoms with Gasteiger partial charge in [0.05, 0.1) is 17.8 Å². The van der Waals surface area contributed by atoms with Crippen LogP contribution in [0.2, 0.25) is 0 Å². The molecule has 3 N–H and O–H groups in total. The molecule has 1 aromatic heterocycles. The highest BCUT2D eigenvalue weighted by atomic mass is 15.1. The van der Waals surface area contributed by atoms with Crippen molar-refractivity contribution in [1.82, 2.24) is 10.2 Å². The van der Waals surface area contributed by atoms with Crippen LogP contribution in [0.15, 0.2) is 12.4 Å². The summed E-state index contributed by atoms with van der Waals surface area (Å²) in [7, 11) is 0. The molecule has 1 atom stereocenters. The largest absolute Gasteiger partial charge is 0.318 e. The summed E-state index contributed by atoms with van der Waals surface area (Å²) in [6.07, 6.45) is 3.39. The zero-order chi connectivity index (χ0) is 7.40. The molecule has 52 valence electrons. The van der Waals surface area contributed by atoms with Gasteiger partial charge in [0.1, 0.15) is 0 Å². The van der Waals surface area contributed by atoms with Crippen LogP contribution in [0.1, 0.15) is 12.5 Å². The SMILES string of the molecule is CC(N)C#Cc1cn[nH]c1.